The number of hydrogen-bond acceptors (Lipinski definition) is 4. The molecule has 0 radical (unpaired) electrons. The van der Waals surface area contributed by atoms with Gasteiger partial charge in [0.25, 0.3) is 0 Å². The van der Waals surface area contributed by atoms with Crippen LogP contribution >= 0.6 is 0 Å². The van der Waals surface area contributed by atoms with E-state index in [2.05, 4.69) is 0 Å². The monoisotopic (exact) mass is 216 g/mol. The average Bonchev–Trinajstić information content (AvgIpc) is 2.17. The Morgan fingerprint density at radius 3 is 2.21 bits per heavy atom. The molecule has 0 aromatic heterocycles. The van der Waals surface area contributed by atoms with E-state index in [0.717, 1.165) is 5.56 Å². The predicted molar refractivity (Wildman–Crippen MR) is 51.5 cm³/mol. The quantitative estimate of drug-likeness (QED) is 0.750. The zero-order valence-corrected chi connectivity index (χ0v) is 8.53. The van der Waals surface area contributed by atoms with Crippen LogP contribution in [0, 0.1) is 6.92 Å². The van der Waals surface area contributed by atoms with Crippen LogP contribution in [-0.2, 0) is 9.84 Å². The van der Waals surface area contributed by atoms with E-state index in [0.29, 0.717) is 0 Å². The molecular formula is C9H12O4S. The van der Waals surface area contributed by atoms with E-state index in [9.17, 15) is 8.42 Å². The molecule has 4 nitrogen and oxygen atoms in total. The minimum atomic E-state index is -3.80. The molecule has 2 N–H and O–H groups in total. The van der Waals surface area contributed by atoms with Crippen molar-refractivity contribution in [2.75, 3.05) is 6.61 Å². The Hall–Kier alpha value is -0.910. The minimum Gasteiger partial charge on any atom is -0.393 e. The van der Waals surface area contributed by atoms with Crippen molar-refractivity contribution < 1.29 is 18.6 Å². The lowest BCUT2D eigenvalue weighted by Gasteiger charge is -2.08. The van der Waals surface area contributed by atoms with Gasteiger partial charge in [-0.15, -0.1) is 0 Å². The lowest BCUT2D eigenvalue weighted by molar-refractivity contribution is 0.152. The molecule has 0 amide bonds. The number of aryl methyl sites for hydroxylation is 1. The number of hydrogen-bond donors (Lipinski definition) is 2. The van der Waals surface area contributed by atoms with Gasteiger partial charge in [-0.3, -0.25) is 0 Å². The Balaban J connectivity index is 3.11. The Labute approximate surface area is 82.7 Å². The first-order valence-corrected chi connectivity index (χ1v) is 5.62. The van der Waals surface area contributed by atoms with Crippen LogP contribution in [0.15, 0.2) is 29.2 Å². The fourth-order valence-electron chi connectivity index (χ4n) is 0.983. The molecule has 14 heavy (non-hydrogen) atoms. The molecular weight excluding hydrogens is 204 g/mol. The molecule has 0 saturated carbocycles. The average molecular weight is 216 g/mol. The molecule has 1 aromatic rings. The second-order valence-electron chi connectivity index (χ2n) is 3.00. The molecule has 1 rings (SSSR count). The van der Waals surface area contributed by atoms with E-state index in [4.69, 9.17) is 10.2 Å². The summed E-state index contributed by atoms with van der Waals surface area (Å²) in [7, 11) is -3.80. The van der Waals surface area contributed by atoms with E-state index >= 15 is 0 Å². The third-order valence-corrected chi connectivity index (χ3v) is 3.66. The van der Waals surface area contributed by atoms with E-state index in [1.54, 1.807) is 12.1 Å². The van der Waals surface area contributed by atoms with Crippen LogP contribution in [-0.4, -0.2) is 30.7 Å². The van der Waals surface area contributed by atoms with Crippen LogP contribution in [0.1, 0.15) is 5.56 Å². The number of sulfone groups is 1. The van der Waals surface area contributed by atoms with E-state index < -0.39 is 21.9 Å². The van der Waals surface area contributed by atoms with Gasteiger partial charge in [0.1, 0.15) is 0 Å². The predicted octanol–water partition coefficient (Wildman–Crippen LogP) is 0.0794. The van der Waals surface area contributed by atoms with Gasteiger partial charge in [0, 0.05) is 0 Å². The zero-order valence-electron chi connectivity index (χ0n) is 7.71. The number of benzene rings is 1. The Kier molecular flexibility index (Phi) is 3.25. The lowest BCUT2D eigenvalue weighted by atomic mass is 10.2. The summed E-state index contributed by atoms with van der Waals surface area (Å²) in [6.07, 6.45) is 0. The molecule has 0 bridgehead atoms. The molecule has 5 heteroatoms. The SMILES string of the molecule is Cc1ccc(S(=O)(=O)C(O)CO)cc1. The summed E-state index contributed by atoms with van der Waals surface area (Å²) in [5, 5.41) is 17.6. The van der Waals surface area contributed by atoms with Crippen molar-refractivity contribution in [3.05, 3.63) is 29.8 Å². The van der Waals surface area contributed by atoms with Gasteiger partial charge in [0.2, 0.25) is 9.84 Å². The Morgan fingerprint density at radius 1 is 1.29 bits per heavy atom. The molecule has 0 aliphatic rings. The Morgan fingerprint density at radius 2 is 1.79 bits per heavy atom. The first kappa shape index (κ1) is 11.2. The topological polar surface area (TPSA) is 74.6 Å². The van der Waals surface area contributed by atoms with Crippen molar-refractivity contribution in [2.45, 2.75) is 17.3 Å². The van der Waals surface area contributed by atoms with Crippen LogP contribution in [0.4, 0.5) is 0 Å². The molecule has 0 heterocycles. The maximum Gasteiger partial charge on any atom is 0.207 e. The summed E-state index contributed by atoms with van der Waals surface area (Å²) >= 11 is 0. The standard InChI is InChI=1S/C9H12O4S/c1-7-2-4-8(5-3-7)14(12,13)9(11)6-10/h2-5,9-11H,6H2,1H3. The van der Waals surface area contributed by atoms with Crippen molar-refractivity contribution in [1.82, 2.24) is 0 Å². The van der Waals surface area contributed by atoms with Gasteiger partial charge < -0.3 is 10.2 Å². The molecule has 0 fully saturated rings. The molecule has 1 aromatic carbocycles. The van der Waals surface area contributed by atoms with Gasteiger partial charge in [-0.05, 0) is 19.1 Å². The fraction of sp³-hybridized carbons (Fsp3) is 0.333. The highest BCUT2D eigenvalue weighted by molar-refractivity contribution is 7.91. The van der Waals surface area contributed by atoms with Crippen molar-refractivity contribution in [2.24, 2.45) is 0 Å². The molecule has 1 atom stereocenters. The van der Waals surface area contributed by atoms with Crippen LogP contribution in [0.5, 0.6) is 0 Å². The van der Waals surface area contributed by atoms with Gasteiger partial charge in [-0.2, -0.15) is 0 Å². The third-order valence-electron chi connectivity index (χ3n) is 1.86. The van der Waals surface area contributed by atoms with Crippen LogP contribution < -0.4 is 0 Å². The Bertz CT molecular complexity index is 393. The molecule has 0 spiro atoms. The number of aliphatic hydroxyl groups is 2. The van der Waals surface area contributed by atoms with Crippen molar-refractivity contribution in [1.29, 1.82) is 0 Å². The van der Waals surface area contributed by atoms with Crippen LogP contribution in [0.3, 0.4) is 0 Å². The summed E-state index contributed by atoms with van der Waals surface area (Å²) in [6, 6.07) is 6.08. The summed E-state index contributed by atoms with van der Waals surface area (Å²) in [6.45, 7) is 1.04. The highest BCUT2D eigenvalue weighted by Crippen LogP contribution is 2.14. The smallest absolute Gasteiger partial charge is 0.207 e. The summed E-state index contributed by atoms with van der Waals surface area (Å²) in [4.78, 5) is 0.0182. The molecule has 0 aliphatic carbocycles. The second-order valence-corrected chi connectivity index (χ2v) is 5.10. The van der Waals surface area contributed by atoms with Crippen LogP contribution in [0.2, 0.25) is 0 Å². The summed E-state index contributed by atoms with van der Waals surface area (Å²) < 4.78 is 22.9. The van der Waals surface area contributed by atoms with Gasteiger partial charge in [-0.25, -0.2) is 8.42 Å². The van der Waals surface area contributed by atoms with E-state index in [1.807, 2.05) is 6.92 Å². The number of rotatable bonds is 3. The lowest BCUT2D eigenvalue weighted by Crippen LogP contribution is -2.24. The first-order chi connectivity index (χ1) is 6.48. The largest absolute Gasteiger partial charge is 0.393 e. The van der Waals surface area contributed by atoms with Gasteiger partial charge >= 0.3 is 0 Å². The van der Waals surface area contributed by atoms with Crippen molar-refractivity contribution in [3.63, 3.8) is 0 Å². The molecule has 0 saturated heterocycles. The first-order valence-electron chi connectivity index (χ1n) is 4.08. The minimum absolute atomic E-state index is 0.0182. The zero-order chi connectivity index (χ0) is 10.8. The summed E-state index contributed by atoms with van der Waals surface area (Å²) in [5.74, 6) is 0. The van der Waals surface area contributed by atoms with Gasteiger partial charge in [-0.1, -0.05) is 17.7 Å². The summed E-state index contributed by atoms with van der Waals surface area (Å²) in [5.41, 5.74) is -0.812. The van der Waals surface area contributed by atoms with E-state index in [-0.39, 0.29) is 4.90 Å². The maximum atomic E-state index is 11.5. The molecule has 1 unspecified atom stereocenters. The van der Waals surface area contributed by atoms with Gasteiger partial charge in [0.05, 0.1) is 11.5 Å². The second kappa shape index (κ2) is 4.08. The number of aliphatic hydroxyl groups excluding tert-OH is 2. The highest BCUT2D eigenvalue weighted by Gasteiger charge is 2.23. The van der Waals surface area contributed by atoms with Crippen molar-refractivity contribution >= 4 is 9.84 Å². The fourth-order valence-corrected chi connectivity index (χ4v) is 2.01. The highest BCUT2D eigenvalue weighted by atomic mass is 32.2. The van der Waals surface area contributed by atoms with Crippen LogP contribution in [0.25, 0.3) is 0 Å². The molecule has 0 aliphatic heterocycles. The van der Waals surface area contributed by atoms with Gasteiger partial charge in [0.15, 0.2) is 5.44 Å². The normalized spacial score (nSPS) is 13.9. The third kappa shape index (κ3) is 2.12. The van der Waals surface area contributed by atoms with E-state index in [1.165, 1.54) is 12.1 Å². The maximum absolute atomic E-state index is 11.5. The van der Waals surface area contributed by atoms with Crippen molar-refractivity contribution in [3.8, 4) is 0 Å². The molecule has 78 valence electrons.